The van der Waals surface area contributed by atoms with Crippen LogP contribution in [0, 0.1) is 0 Å². The second-order valence-corrected chi connectivity index (χ2v) is 7.72. The van der Waals surface area contributed by atoms with Crippen molar-refractivity contribution in [1.29, 1.82) is 0 Å². The summed E-state index contributed by atoms with van der Waals surface area (Å²) in [5, 5.41) is 9.73. The highest BCUT2D eigenvalue weighted by Crippen LogP contribution is 2.36. The Hall–Kier alpha value is -1.04. The number of rotatable bonds is 3. The molecule has 1 saturated carbocycles. The molecule has 3 rings (SSSR count). The first-order valence-electron chi connectivity index (χ1n) is 8.57. The van der Waals surface area contributed by atoms with Gasteiger partial charge in [0.05, 0.1) is 17.3 Å². The molecule has 1 aromatic rings. The van der Waals surface area contributed by atoms with Crippen molar-refractivity contribution in [3.05, 3.63) is 24.3 Å². The van der Waals surface area contributed by atoms with Crippen molar-refractivity contribution in [2.75, 3.05) is 0 Å². The molecule has 2 atom stereocenters. The van der Waals surface area contributed by atoms with Gasteiger partial charge in [-0.25, -0.2) is 0 Å². The quantitative estimate of drug-likeness (QED) is 0.871. The zero-order valence-corrected chi connectivity index (χ0v) is 14.5. The van der Waals surface area contributed by atoms with E-state index in [1.165, 1.54) is 0 Å². The smallest absolute Gasteiger partial charge is 0.490 e. The number of hydrogen-bond donors (Lipinski definition) is 1. The summed E-state index contributed by atoms with van der Waals surface area (Å²) in [5.41, 5.74) is 0.343. The van der Waals surface area contributed by atoms with Crippen molar-refractivity contribution in [2.45, 2.75) is 76.8 Å². The summed E-state index contributed by atoms with van der Waals surface area (Å²) in [6, 6.07) is 7.91. The minimum atomic E-state index is -0.342. The second-order valence-electron chi connectivity index (χ2n) is 7.72. The van der Waals surface area contributed by atoms with E-state index < -0.39 is 0 Å². The summed E-state index contributed by atoms with van der Waals surface area (Å²) >= 11 is 0. The first-order valence-corrected chi connectivity index (χ1v) is 8.57. The van der Waals surface area contributed by atoms with E-state index in [9.17, 15) is 5.11 Å². The van der Waals surface area contributed by atoms with E-state index in [0.717, 1.165) is 36.9 Å². The summed E-state index contributed by atoms with van der Waals surface area (Å²) in [5.74, 6) is 0.837. The molecule has 1 aliphatic carbocycles. The van der Waals surface area contributed by atoms with Gasteiger partial charge in [-0.1, -0.05) is 12.1 Å². The monoisotopic (exact) mass is 318 g/mol. The van der Waals surface area contributed by atoms with Crippen molar-refractivity contribution in [1.82, 2.24) is 0 Å². The van der Waals surface area contributed by atoms with Crippen molar-refractivity contribution in [3.8, 4) is 5.75 Å². The first-order chi connectivity index (χ1) is 10.8. The van der Waals surface area contributed by atoms with E-state index in [1.807, 2.05) is 24.3 Å². The molecule has 1 saturated heterocycles. The molecule has 1 N–H and O–H groups in total. The maximum absolute atomic E-state index is 9.73. The van der Waals surface area contributed by atoms with Crippen LogP contribution < -0.4 is 10.2 Å². The van der Waals surface area contributed by atoms with Crippen LogP contribution in [-0.2, 0) is 9.31 Å². The van der Waals surface area contributed by atoms with Crippen LogP contribution in [-0.4, -0.2) is 35.6 Å². The molecule has 4 nitrogen and oxygen atoms in total. The Balaban J connectivity index is 1.64. The van der Waals surface area contributed by atoms with Gasteiger partial charge in [-0.3, -0.25) is 0 Å². The summed E-state index contributed by atoms with van der Waals surface area (Å²) < 4.78 is 18.1. The van der Waals surface area contributed by atoms with Gasteiger partial charge in [-0.15, -0.1) is 0 Å². The van der Waals surface area contributed by atoms with Crippen LogP contribution in [0.1, 0.15) is 53.4 Å². The van der Waals surface area contributed by atoms with Crippen LogP contribution in [0.4, 0.5) is 0 Å². The van der Waals surface area contributed by atoms with Gasteiger partial charge in [0.25, 0.3) is 0 Å². The molecule has 5 heteroatoms. The molecule has 1 heterocycles. The fourth-order valence-corrected chi connectivity index (χ4v) is 3.10. The predicted octanol–water partition coefficient (Wildman–Crippen LogP) is 2.67. The highest BCUT2D eigenvalue weighted by molar-refractivity contribution is 6.62. The van der Waals surface area contributed by atoms with Gasteiger partial charge < -0.3 is 19.2 Å². The molecule has 0 aromatic heterocycles. The van der Waals surface area contributed by atoms with Crippen LogP contribution in [0.5, 0.6) is 5.75 Å². The molecule has 0 radical (unpaired) electrons. The van der Waals surface area contributed by atoms with Crippen LogP contribution >= 0.6 is 0 Å². The van der Waals surface area contributed by atoms with Crippen molar-refractivity contribution < 1.29 is 19.2 Å². The van der Waals surface area contributed by atoms with Crippen molar-refractivity contribution >= 4 is 12.6 Å². The SMILES string of the molecule is CC1(C)OB(c2ccc(OC3CCC[C@@H](O)C3)cc2)OC1(C)C. The van der Waals surface area contributed by atoms with E-state index in [0.29, 0.717) is 0 Å². The van der Waals surface area contributed by atoms with Gasteiger partial charge in [-0.05, 0) is 64.6 Å². The summed E-state index contributed by atoms with van der Waals surface area (Å²) in [4.78, 5) is 0. The third-order valence-electron chi connectivity index (χ3n) is 5.31. The molecule has 23 heavy (non-hydrogen) atoms. The lowest BCUT2D eigenvalue weighted by Crippen LogP contribution is -2.41. The Morgan fingerprint density at radius 2 is 1.65 bits per heavy atom. The molecule has 0 spiro atoms. The third-order valence-corrected chi connectivity index (χ3v) is 5.31. The van der Waals surface area contributed by atoms with E-state index in [-0.39, 0.29) is 30.5 Å². The lowest BCUT2D eigenvalue weighted by Gasteiger charge is -2.32. The standard InChI is InChI=1S/C18H27BO4/c1-17(2)18(3,4)23-19(22-17)13-8-10-15(11-9-13)21-16-7-5-6-14(20)12-16/h8-11,14,16,20H,5-7,12H2,1-4H3/t14-,16?/m1/s1. The molecule has 1 aliphatic heterocycles. The van der Waals surface area contributed by atoms with E-state index in [1.54, 1.807) is 0 Å². The van der Waals surface area contributed by atoms with Gasteiger partial charge in [0, 0.05) is 6.42 Å². The maximum Gasteiger partial charge on any atom is 0.494 e. The highest BCUT2D eigenvalue weighted by Gasteiger charge is 2.51. The average Bonchev–Trinajstić information content (AvgIpc) is 2.68. The molecular weight excluding hydrogens is 291 g/mol. The Morgan fingerprint density at radius 3 is 2.22 bits per heavy atom. The number of aliphatic hydroxyl groups excluding tert-OH is 1. The summed E-state index contributed by atoms with van der Waals surface area (Å²) in [7, 11) is -0.342. The largest absolute Gasteiger partial charge is 0.494 e. The summed E-state index contributed by atoms with van der Waals surface area (Å²) in [6.07, 6.45) is 3.53. The number of benzene rings is 1. The lowest BCUT2D eigenvalue weighted by molar-refractivity contribution is 0.00578. The Labute approximate surface area is 139 Å². The Morgan fingerprint density at radius 1 is 1.04 bits per heavy atom. The van der Waals surface area contributed by atoms with Gasteiger partial charge in [0.2, 0.25) is 0 Å². The highest BCUT2D eigenvalue weighted by atomic mass is 16.7. The number of aliphatic hydroxyl groups is 1. The molecule has 1 unspecified atom stereocenters. The zero-order chi connectivity index (χ0) is 16.7. The molecule has 0 amide bonds. The van der Waals surface area contributed by atoms with E-state index in [2.05, 4.69) is 27.7 Å². The molecule has 2 fully saturated rings. The fourth-order valence-electron chi connectivity index (χ4n) is 3.10. The average molecular weight is 318 g/mol. The maximum atomic E-state index is 9.73. The summed E-state index contributed by atoms with van der Waals surface area (Å²) in [6.45, 7) is 8.22. The zero-order valence-electron chi connectivity index (χ0n) is 14.5. The van der Waals surface area contributed by atoms with Gasteiger partial charge in [0.1, 0.15) is 11.9 Å². The second kappa shape index (κ2) is 6.12. The number of hydrogen-bond acceptors (Lipinski definition) is 4. The van der Waals surface area contributed by atoms with Gasteiger partial charge in [-0.2, -0.15) is 0 Å². The van der Waals surface area contributed by atoms with E-state index in [4.69, 9.17) is 14.0 Å². The minimum Gasteiger partial charge on any atom is -0.490 e. The van der Waals surface area contributed by atoms with Crippen LogP contribution in [0.2, 0.25) is 0 Å². The number of ether oxygens (including phenoxy) is 1. The topological polar surface area (TPSA) is 47.9 Å². The van der Waals surface area contributed by atoms with Crippen molar-refractivity contribution in [3.63, 3.8) is 0 Å². The fraction of sp³-hybridized carbons (Fsp3) is 0.667. The lowest BCUT2D eigenvalue weighted by atomic mass is 9.79. The normalized spacial score (nSPS) is 29.5. The van der Waals surface area contributed by atoms with Crippen LogP contribution in [0.25, 0.3) is 0 Å². The van der Waals surface area contributed by atoms with Crippen molar-refractivity contribution in [2.24, 2.45) is 0 Å². The molecule has 126 valence electrons. The Bertz CT molecular complexity index is 524. The third kappa shape index (κ3) is 3.57. The molecule has 1 aromatic carbocycles. The van der Waals surface area contributed by atoms with Crippen LogP contribution in [0.15, 0.2) is 24.3 Å². The van der Waals surface area contributed by atoms with Gasteiger partial charge >= 0.3 is 7.12 Å². The molecule has 2 aliphatic rings. The first kappa shape index (κ1) is 16.8. The van der Waals surface area contributed by atoms with Gasteiger partial charge in [0.15, 0.2) is 0 Å². The predicted molar refractivity (Wildman–Crippen MR) is 91.0 cm³/mol. The Kier molecular flexibility index (Phi) is 4.47. The van der Waals surface area contributed by atoms with Crippen LogP contribution in [0.3, 0.4) is 0 Å². The molecular formula is C18H27BO4. The molecule has 0 bridgehead atoms. The minimum absolute atomic E-state index is 0.112. The van der Waals surface area contributed by atoms with E-state index >= 15 is 0 Å².